The molecule has 0 saturated carbocycles. The Kier molecular flexibility index (Phi) is 6.49. The van der Waals surface area contributed by atoms with Gasteiger partial charge in [0.05, 0.1) is 7.11 Å². The van der Waals surface area contributed by atoms with Crippen molar-refractivity contribution in [1.29, 1.82) is 0 Å². The van der Waals surface area contributed by atoms with Crippen molar-refractivity contribution in [3.05, 3.63) is 23.8 Å². The third-order valence-electron chi connectivity index (χ3n) is 3.53. The summed E-state index contributed by atoms with van der Waals surface area (Å²) in [6.45, 7) is 0. The van der Waals surface area contributed by atoms with E-state index >= 15 is 0 Å². The highest BCUT2D eigenvalue weighted by Crippen LogP contribution is 2.26. The summed E-state index contributed by atoms with van der Waals surface area (Å²) < 4.78 is 4.64. The summed E-state index contributed by atoms with van der Waals surface area (Å²) >= 11 is 0. The Labute approximate surface area is 127 Å². The highest BCUT2D eigenvalue weighted by atomic mass is 16.5. The average Bonchev–Trinajstić information content (AvgIpc) is 2.45. The molecule has 0 aliphatic rings. The van der Waals surface area contributed by atoms with Crippen LogP contribution in [-0.4, -0.2) is 47.3 Å². The van der Waals surface area contributed by atoms with Gasteiger partial charge in [-0.3, -0.25) is 4.79 Å². The summed E-state index contributed by atoms with van der Waals surface area (Å²) in [4.78, 5) is 15.5. The van der Waals surface area contributed by atoms with Gasteiger partial charge in [0.15, 0.2) is 0 Å². The zero-order chi connectivity index (χ0) is 16.0. The molecular weight excluding hydrogens is 266 g/mol. The number of rotatable bonds is 7. The second-order valence-electron chi connectivity index (χ2n) is 5.62. The van der Waals surface area contributed by atoms with E-state index in [-0.39, 0.29) is 5.97 Å². The molecule has 118 valence electrons. The maximum Gasteiger partial charge on any atom is 0.322 e. The van der Waals surface area contributed by atoms with Gasteiger partial charge in [0.1, 0.15) is 6.04 Å². The molecule has 0 aromatic heterocycles. The van der Waals surface area contributed by atoms with Crippen LogP contribution in [0.4, 0.5) is 11.4 Å². The van der Waals surface area contributed by atoms with E-state index in [2.05, 4.69) is 32.7 Å². The minimum absolute atomic E-state index is 0.342. The number of esters is 1. The van der Waals surface area contributed by atoms with Gasteiger partial charge in [-0.05, 0) is 37.0 Å². The van der Waals surface area contributed by atoms with Gasteiger partial charge >= 0.3 is 5.97 Å². The summed E-state index contributed by atoms with van der Waals surface area (Å²) in [5.41, 5.74) is 9.40. The van der Waals surface area contributed by atoms with Gasteiger partial charge in [-0.15, -0.1) is 0 Å². The number of nitrogens with two attached hydrogens (primary N) is 1. The first-order valence-electron chi connectivity index (χ1n) is 7.17. The number of anilines is 2. The zero-order valence-electron chi connectivity index (χ0n) is 13.7. The van der Waals surface area contributed by atoms with Crippen LogP contribution in [0.15, 0.2) is 18.2 Å². The number of ether oxygens (including phenoxy) is 1. The molecule has 0 amide bonds. The van der Waals surface area contributed by atoms with Gasteiger partial charge in [0, 0.05) is 39.6 Å². The molecule has 0 fully saturated rings. The molecule has 0 spiro atoms. The van der Waals surface area contributed by atoms with Crippen molar-refractivity contribution in [2.24, 2.45) is 5.73 Å². The predicted molar refractivity (Wildman–Crippen MR) is 88.0 cm³/mol. The van der Waals surface area contributed by atoms with E-state index in [1.54, 1.807) is 0 Å². The van der Waals surface area contributed by atoms with Crippen LogP contribution >= 0.6 is 0 Å². The molecule has 5 heteroatoms. The first-order chi connectivity index (χ1) is 9.86. The first kappa shape index (κ1) is 17.3. The molecule has 1 unspecified atom stereocenters. The van der Waals surface area contributed by atoms with Crippen molar-refractivity contribution in [3.63, 3.8) is 0 Å². The minimum Gasteiger partial charge on any atom is -0.468 e. The molecule has 5 nitrogen and oxygen atoms in total. The van der Waals surface area contributed by atoms with Gasteiger partial charge in [-0.1, -0.05) is 6.07 Å². The Balaban J connectivity index is 2.72. The lowest BCUT2D eigenvalue weighted by Gasteiger charge is -2.21. The Morgan fingerprint density at radius 2 is 1.90 bits per heavy atom. The number of hydrogen-bond donors (Lipinski definition) is 1. The van der Waals surface area contributed by atoms with Gasteiger partial charge in [0.2, 0.25) is 0 Å². The van der Waals surface area contributed by atoms with Crippen LogP contribution in [0.5, 0.6) is 0 Å². The van der Waals surface area contributed by atoms with Crippen LogP contribution < -0.4 is 15.5 Å². The number of aryl methyl sites for hydroxylation is 1. The minimum atomic E-state index is -0.529. The maximum atomic E-state index is 11.3. The van der Waals surface area contributed by atoms with Crippen LogP contribution in [0.2, 0.25) is 0 Å². The lowest BCUT2D eigenvalue weighted by Crippen LogP contribution is -2.31. The Morgan fingerprint density at radius 1 is 1.24 bits per heavy atom. The smallest absolute Gasteiger partial charge is 0.322 e. The largest absolute Gasteiger partial charge is 0.468 e. The molecule has 0 heterocycles. The van der Waals surface area contributed by atoms with E-state index in [0.29, 0.717) is 6.42 Å². The third kappa shape index (κ3) is 4.93. The van der Waals surface area contributed by atoms with E-state index in [0.717, 1.165) is 12.8 Å². The summed E-state index contributed by atoms with van der Waals surface area (Å²) in [6, 6.07) is 5.91. The molecule has 0 saturated heterocycles. The SMILES string of the molecule is COC(=O)C(N)CCCc1ccc(N(C)C)cc1N(C)C. The Morgan fingerprint density at radius 3 is 2.43 bits per heavy atom. The second-order valence-corrected chi connectivity index (χ2v) is 5.62. The maximum absolute atomic E-state index is 11.3. The normalized spacial score (nSPS) is 11.9. The van der Waals surface area contributed by atoms with E-state index in [4.69, 9.17) is 5.73 Å². The van der Waals surface area contributed by atoms with Crippen molar-refractivity contribution < 1.29 is 9.53 Å². The monoisotopic (exact) mass is 293 g/mol. The summed E-state index contributed by atoms with van der Waals surface area (Å²) in [7, 11) is 9.51. The van der Waals surface area contributed by atoms with Crippen LogP contribution in [0.3, 0.4) is 0 Å². The summed E-state index contributed by atoms with van der Waals surface area (Å²) in [5, 5.41) is 0. The lowest BCUT2D eigenvalue weighted by molar-refractivity contribution is -0.142. The van der Waals surface area contributed by atoms with Crippen molar-refractivity contribution >= 4 is 17.3 Å². The molecule has 1 aromatic rings. The van der Waals surface area contributed by atoms with Crippen molar-refractivity contribution in [2.75, 3.05) is 45.1 Å². The molecule has 0 aliphatic heterocycles. The van der Waals surface area contributed by atoms with Gasteiger partial charge in [-0.25, -0.2) is 0 Å². The van der Waals surface area contributed by atoms with Crippen molar-refractivity contribution in [1.82, 2.24) is 0 Å². The van der Waals surface area contributed by atoms with E-state index < -0.39 is 6.04 Å². The van der Waals surface area contributed by atoms with Crippen LogP contribution in [-0.2, 0) is 16.0 Å². The number of benzene rings is 1. The number of carbonyl (C=O) groups is 1. The average molecular weight is 293 g/mol. The van der Waals surface area contributed by atoms with Crippen LogP contribution in [0.1, 0.15) is 18.4 Å². The first-order valence-corrected chi connectivity index (χ1v) is 7.17. The fourth-order valence-electron chi connectivity index (χ4n) is 2.24. The van der Waals surface area contributed by atoms with Gasteiger partial charge < -0.3 is 20.3 Å². The zero-order valence-corrected chi connectivity index (χ0v) is 13.7. The number of carbonyl (C=O) groups excluding carboxylic acids is 1. The van der Waals surface area contributed by atoms with Crippen molar-refractivity contribution in [2.45, 2.75) is 25.3 Å². The molecule has 0 aliphatic carbocycles. The van der Waals surface area contributed by atoms with E-state index in [1.165, 1.54) is 24.0 Å². The van der Waals surface area contributed by atoms with E-state index in [1.807, 2.05) is 28.2 Å². The third-order valence-corrected chi connectivity index (χ3v) is 3.53. The molecule has 21 heavy (non-hydrogen) atoms. The fraction of sp³-hybridized carbons (Fsp3) is 0.562. The Hall–Kier alpha value is -1.75. The summed E-state index contributed by atoms with van der Waals surface area (Å²) in [6.07, 6.45) is 2.39. The highest BCUT2D eigenvalue weighted by molar-refractivity contribution is 5.75. The number of methoxy groups -OCH3 is 1. The number of hydrogen-bond acceptors (Lipinski definition) is 5. The quantitative estimate of drug-likeness (QED) is 0.775. The fourth-order valence-corrected chi connectivity index (χ4v) is 2.24. The molecule has 0 radical (unpaired) electrons. The second kappa shape index (κ2) is 7.88. The molecule has 1 rings (SSSR count). The summed E-state index contributed by atoms with van der Waals surface area (Å²) in [5.74, 6) is -0.342. The van der Waals surface area contributed by atoms with Crippen molar-refractivity contribution in [3.8, 4) is 0 Å². The standard InChI is InChI=1S/C16H27N3O2/c1-18(2)13-10-9-12(15(11-13)19(3)4)7-6-8-14(17)16(20)21-5/h9-11,14H,6-8,17H2,1-5H3. The molecule has 0 bridgehead atoms. The highest BCUT2D eigenvalue weighted by Gasteiger charge is 2.14. The lowest BCUT2D eigenvalue weighted by atomic mass is 10.0. The molecule has 1 atom stereocenters. The Bertz CT molecular complexity index is 473. The molecular formula is C16H27N3O2. The van der Waals surface area contributed by atoms with Crippen LogP contribution in [0, 0.1) is 0 Å². The van der Waals surface area contributed by atoms with Crippen LogP contribution in [0.25, 0.3) is 0 Å². The number of nitrogens with zero attached hydrogens (tertiary/aromatic N) is 2. The van der Waals surface area contributed by atoms with Gasteiger partial charge in [0.25, 0.3) is 0 Å². The van der Waals surface area contributed by atoms with Gasteiger partial charge in [-0.2, -0.15) is 0 Å². The molecule has 2 N–H and O–H groups in total. The molecule has 1 aromatic carbocycles. The van der Waals surface area contributed by atoms with E-state index in [9.17, 15) is 4.79 Å². The topological polar surface area (TPSA) is 58.8 Å². The predicted octanol–water partition coefficient (Wildman–Crippen LogP) is 1.64.